The molecule has 0 aliphatic heterocycles. The Morgan fingerprint density at radius 2 is 1.65 bits per heavy atom. The zero-order valence-corrected chi connectivity index (χ0v) is 12.6. The van der Waals surface area contributed by atoms with E-state index < -0.39 is 24.1 Å². The molecule has 6 heteroatoms. The average molecular weight is 316 g/mol. The molecule has 0 unspecified atom stereocenters. The number of carbonyl (C=O) groups is 2. The second-order valence-corrected chi connectivity index (χ2v) is 4.71. The number of halogens is 1. The summed E-state index contributed by atoms with van der Waals surface area (Å²) >= 11 is 0. The largest absolute Gasteiger partial charge is 0.494 e. The van der Waals surface area contributed by atoms with Gasteiger partial charge in [0.25, 0.3) is 0 Å². The van der Waals surface area contributed by atoms with Crippen molar-refractivity contribution in [3.63, 3.8) is 0 Å². The highest BCUT2D eigenvalue weighted by molar-refractivity contribution is 6.08. The van der Waals surface area contributed by atoms with Crippen LogP contribution in [-0.2, 0) is 9.59 Å². The minimum atomic E-state index is -0.585. The van der Waals surface area contributed by atoms with Gasteiger partial charge in [-0.15, -0.1) is 0 Å². The predicted molar refractivity (Wildman–Crippen MR) is 85.9 cm³/mol. The quantitative estimate of drug-likeness (QED) is 0.804. The molecule has 2 amide bonds. The summed E-state index contributed by atoms with van der Waals surface area (Å²) in [5.41, 5.74) is 0.600. The molecule has 0 spiro atoms. The van der Waals surface area contributed by atoms with Crippen LogP contribution in [0.4, 0.5) is 15.8 Å². The molecule has 0 heterocycles. The molecule has 0 saturated carbocycles. The number of anilines is 2. The molecule has 2 rings (SSSR count). The van der Waals surface area contributed by atoms with Crippen LogP contribution in [-0.4, -0.2) is 18.4 Å². The Morgan fingerprint density at radius 3 is 2.30 bits per heavy atom. The Kier molecular flexibility index (Phi) is 5.68. The van der Waals surface area contributed by atoms with Crippen molar-refractivity contribution in [3.05, 3.63) is 54.3 Å². The van der Waals surface area contributed by atoms with Crippen LogP contribution in [0.3, 0.4) is 0 Å². The zero-order valence-electron chi connectivity index (χ0n) is 12.6. The van der Waals surface area contributed by atoms with Gasteiger partial charge in [0.2, 0.25) is 11.8 Å². The summed E-state index contributed by atoms with van der Waals surface area (Å²) in [5, 5.41) is 4.95. The average Bonchev–Trinajstić information content (AvgIpc) is 2.51. The maximum absolute atomic E-state index is 13.4. The minimum absolute atomic E-state index is 0.0476. The molecule has 23 heavy (non-hydrogen) atoms. The number of carbonyl (C=O) groups excluding carboxylic acids is 2. The molecule has 120 valence electrons. The highest BCUT2D eigenvalue weighted by atomic mass is 19.1. The van der Waals surface area contributed by atoms with Gasteiger partial charge in [0.05, 0.1) is 12.3 Å². The van der Waals surface area contributed by atoms with Gasteiger partial charge in [0, 0.05) is 5.69 Å². The molecule has 0 aromatic heterocycles. The van der Waals surface area contributed by atoms with Gasteiger partial charge in [-0.25, -0.2) is 4.39 Å². The number of nitrogens with one attached hydrogen (secondary N) is 2. The van der Waals surface area contributed by atoms with Crippen LogP contribution in [0, 0.1) is 5.82 Å². The van der Waals surface area contributed by atoms with Crippen LogP contribution < -0.4 is 15.4 Å². The second kappa shape index (κ2) is 7.93. The van der Waals surface area contributed by atoms with E-state index in [1.807, 2.05) is 6.92 Å². The van der Waals surface area contributed by atoms with E-state index in [0.29, 0.717) is 18.0 Å². The van der Waals surface area contributed by atoms with Crippen LogP contribution in [0.1, 0.15) is 13.3 Å². The molecule has 5 nitrogen and oxygen atoms in total. The van der Waals surface area contributed by atoms with Crippen LogP contribution >= 0.6 is 0 Å². The molecule has 0 fully saturated rings. The number of para-hydroxylation sites is 1. The van der Waals surface area contributed by atoms with Crippen LogP contribution in [0.5, 0.6) is 5.75 Å². The van der Waals surface area contributed by atoms with Gasteiger partial charge < -0.3 is 15.4 Å². The normalized spacial score (nSPS) is 10.0. The molecular weight excluding hydrogens is 299 g/mol. The standard InChI is InChI=1S/C17H17FN2O3/c1-2-23-13-9-7-12(8-10-13)19-16(21)11-17(22)20-15-6-4-3-5-14(15)18/h3-10H,2,11H2,1H3,(H,19,21)(H,20,22). The maximum atomic E-state index is 13.4. The van der Waals surface area contributed by atoms with E-state index in [2.05, 4.69) is 10.6 Å². The van der Waals surface area contributed by atoms with Crippen molar-refractivity contribution in [2.75, 3.05) is 17.2 Å². The van der Waals surface area contributed by atoms with Gasteiger partial charge >= 0.3 is 0 Å². The lowest BCUT2D eigenvalue weighted by Gasteiger charge is -2.08. The summed E-state index contributed by atoms with van der Waals surface area (Å²) in [4.78, 5) is 23.6. The summed E-state index contributed by atoms with van der Waals surface area (Å²) in [6.07, 6.45) is -0.401. The molecule has 2 N–H and O–H groups in total. The Labute approximate surface area is 133 Å². The first-order valence-electron chi connectivity index (χ1n) is 7.15. The molecule has 0 aliphatic rings. The van der Waals surface area contributed by atoms with Gasteiger partial charge in [0.1, 0.15) is 18.0 Å². The molecule has 0 atom stereocenters. The fourth-order valence-corrected chi connectivity index (χ4v) is 1.91. The zero-order chi connectivity index (χ0) is 16.7. The van der Waals surface area contributed by atoms with E-state index in [0.717, 1.165) is 0 Å². The van der Waals surface area contributed by atoms with E-state index in [4.69, 9.17) is 4.74 Å². The third-order valence-electron chi connectivity index (χ3n) is 2.92. The molecule has 2 aromatic carbocycles. The van der Waals surface area contributed by atoms with E-state index in [1.54, 1.807) is 30.3 Å². The number of ether oxygens (including phenoxy) is 1. The van der Waals surface area contributed by atoms with Crippen molar-refractivity contribution in [1.82, 2.24) is 0 Å². The summed E-state index contributed by atoms with van der Waals surface area (Å²) < 4.78 is 18.7. The number of amides is 2. The summed E-state index contributed by atoms with van der Waals surface area (Å²) in [6.45, 7) is 2.44. The first-order valence-corrected chi connectivity index (χ1v) is 7.15. The van der Waals surface area contributed by atoms with Crippen molar-refractivity contribution in [2.45, 2.75) is 13.3 Å². The lowest BCUT2D eigenvalue weighted by Crippen LogP contribution is -2.21. The van der Waals surface area contributed by atoms with Gasteiger partial charge in [0.15, 0.2) is 0 Å². The lowest BCUT2D eigenvalue weighted by atomic mass is 10.2. The Hall–Kier alpha value is -2.89. The number of rotatable bonds is 6. The smallest absolute Gasteiger partial charge is 0.233 e. The number of benzene rings is 2. The fraction of sp³-hybridized carbons (Fsp3) is 0.176. The Morgan fingerprint density at radius 1 is 1.00 bits per heavy atom. The second-order valence-electron chi connectivity index (χ2n) is 4.71. The molecule has 2 aromatic rings. The van der Waals surface area contributed by atoms with Crippen molar-refractivity contribution in [1.29, 1.82) is 0 Å². The number of hydrogen-bond donors (Lipinski definition) is 2. The van der Waals surface area contributed by atoms with Crippen LogP contribution in [0.2, 0.25) is 0 Å². The first-order chi connectivity index (χ1) is 11.1. The summed E-state index contributed by atoms with van der Waals surface area (Å²) in [5.74, 6) is -0.919. The summed E-state index contributed by atoms with van der Waals surface area (Å²) in [7, 11) is 0. The first kappa shape index (κ1) is 16.5. The van der Waals surface area contributed by atoms with E-state index >= 15 is 0 Å². The number of hydrogen-bond acceptors (Lipinski definition) is 3. The van der Waals surface area contributed by atoms with Crippen molar-refractivity contribution < 1.29 is 18.7 Å². The highest BCUT2D eigenvalue weighted by Gasteiger charge is 2.11. The third-order valence-corrected chi connectivity index (χ3v) is 2.92. The SMILES string of the molecule is CCOc1ccc(NC(=O)CC(=O)Nc2ccccc2F)cc1. The molecule has 0 aliphatic carbocycles. The van der Waals surface area contributed by atoms with Gasteiger partial charge in [-0.1, -0.05) is 12.1 Å². The molecule has 0 radical (unpaired) electrons. The van der Waals surface area contributed by atoms with Gasteiger partial charge in [-0.2, -0.15) is 0 Å². The van der Waals surface area contributed by atoms with Crippen LogP contribution in [0.15, 0.2) is 48.5 Å². The lowest BCUT2D eigenvalue weighted by molar-refractivity contribution is -0.123. The van der Waals surface area contributed by atoms with Gasteiger partial charge in [-0.05, 0) is 43.3 Å². The van der Waals surface area contributed by atoms with Crippen molar-refractivity contribution >= 4 is 23.2 Å². The highest BCUT2D eigenvalue weighted by Crippen LogP contribution is 2.16. The predicted octanol–water partition coefficient (Wildman–Crippen LogP) is 3.19. The van der Waals surface area contributed by atoms with Gasteiger partial charge in [-0.3, -0.25) is 9.59 Å². The molecule has 0 saturated heterocycles. The molecular formula is C17H17FN2O3. The fourth-order valence-electron chi connectivity index (χ4n) is 1.91. The van der Waals surface area contributed by atoms with Crippen LogP contribution in [0.25, 0.3) is 0 Å². The van der Waals surface area contributed by atoms with E-state index in [9.17, 15) is 14.0 Å². The third kappa shape index (κ3) is 5.10. The Balaban J connectivity index is 1.86. The van der Waals surface area contributed by atoms with Crippen molar-refractivity contribution in [3.8, 4) is 5.75 Å². The van der Waals surface area contributed by atoms with E-state index in [1.165, 1.54) is 18.2 Å². The molecule has 0 bridgehead atoms. The Bertz CT molecular complexity index is 686. The topological polar surface area (TPSA) is 67.4 Å². The van der Waals surface area contributed by atoms with E-state index in [-0.39, 0.29) is 5.69 Å². The maximum Gasteiger partial charge on any atom is 0.233 e. The monoisotopic (exact) mass is 316 g/mol. The minimum Gasteiger partial charge on any atom is -0.494 e. The summed E-state index contributed by atoms with van der Waals surface area (Å²) in [6, 6.07) is 12.6. The van der Waals surface area contributed by atoms with Crippen molar-refractivity contribution in [2.24, 2.45) is 0 Å².